The lowest BCUT2D eigenvalue weighted by Crippen LogP contribution is -2.50. The number of benzene rings is 1. The Morgan fingerprint density at radius 3 is 2.20 bits per heavy atom. The third kappa shape index (κ3) is 3.52. The lowest BCUT2D eigenvalue weighted by atomic mass is 10.1. The predicted molar refractivity (Wildman–Crippen MR) is 69.5 cm³/mol. The van der Waals surface area contributed by atoms with Gasteiger partial charge < -0.3 is 4.74 Å². The van der Waals surface area contributed by atoms with Crippen LogP contribution in [-0.4, -0.2) is 32.0 Å². The Hall–Kier alpha value is -2.00. The molecule has 0 fully saturated rings. The molecule has 1 rings (SSSR count). The standard InChI is InChI=1S/C11H14N2O6S/c1-11(2,10(14)19-3)12-20(17,18)9-6-4-8(5-7-9)13(15)16/h4-7,12H,1-3H3. The molecule has 0 bridgehead atoms. The summed E-state index contributed by atoms with van der Waals surface area (Å²) in [7, 11) is -2.85. The topological polar surface area (TPSA) is 116 Å². The van der Waals surface area contributed by atoms with Crippen LogP contribution in [0, 0.1) is 10.1 Å². The summed E-state index contributed by atoms with van der Waals surface area (Å²) in [4.78, 5) is 21.1. The Morgan fingerprint density at radius 1 is 1.30 bits per heavy atom. The molecule has 110 valence electrons. The summed E-state index contributed by atoms with van der Waals surface area (Å²) in [6.07, 6.45) is 0. The van der Waals surface area contributed by atoms with Gasteiger partial charge in [0.15, 0.2) is 0 Å². The van der Waals surface area contributed by atoms with Gasteiger partial charge in [0.05, 0.1) is 16.9 Å². The van der Waals surface area contributed by atoms with Gasteiger partial charge in [-0.2, -0.15) is 4.72 Å². The highest BCUT2D eigenvalue weighted by molar-refractivity contribution is 7.89. The zero-order valence-electron chi connectivity index (χ0n) is 11.1. The number of hydrogen-bond acceptors (Lipinski definition) is 6. The van der Waals surface area contributed by atoms with E-state index in [2.05, 4.69) is 9.46 Å². The maximum Gasteiger partial charge on any atom is 0.326 e. The smallest absolute Gasteiger partial charge is 0.326 e. The van der Waals surface area contributed by atoms with Gasteiger partial charge in [0, 0.05) is 12.1 Å². The number of nitro groups is 1. The molecule has 20 heavy (non-hydrogen) atoms. The molecule has 1 aromatic carbocycles. The summed E-state index contributed by atoms with van der Waals surface area (Å²) in [5.41, 5.74) is -1.67. The number of carbonyl (C=O) groups excluding carboxylic acids is 1. The van der Waals surface area contributed by atoms with Crippen molar-refractivity contribution in [3.63, 3.8) is 0 Å². The van der Waals surface area contributed by atoms with Gasteiger partial charge in [-0.3, -0.25) is 14.9 Å². The van der Waals surface area contributed by atoms with E-state index in [-0.39, 0.29) is 10.6 Å². The van der Waals surface area contributed by atoms with Gasteiger partial charge in [0.2, 0.25) is 10.0 Å². The van der Waals surface area contributed by atoms with Gasteiger partial charge in [-0.25, -0.2) is 8.42 Å². The van der Waals surface area contributed by atoms with Crippen LogP contribution in [0.1, 0.15) is 13.8 Å². The Kier molecular flexibility index (Phi) is 4.46. The molecular formula is C11H14N2O6S. The van der Waals surface area contributed by atoms with Crippen LogP contribution < -0.4 is 4.72 Å². The van der Waals surface area contributed by atoms with Crippen LogP contribution in [0.5, 0.6) is 0 Å². The van der Waals surface area contributed by atoms with Crippen molar-refractivity contribution in [3.05, 3.63) is 34.4 Å². The first kappa shape index (κ1) is 16.1. The SMILES string of the molecule is COC(=O)C(C)(C)NS(=O)(=O)c1ccc([N+](=O)[O-])cc1. The average molecular weight is 302 g/mol. The zero-order chi connectivity index (χ0) is 15.6. The minimum Gasteiger partial charge on any atom is -0.468 e. The number of esters is 1. The molecule has 0 spiro atoms. The number of methoxy groups -OCH3 is 1. The number of hydrogen-bond donors (Lipinski definition) is 1. The van der Waals surface area contributed by atoms with E-state index < -0.39 is 26.5 Å². The first-order chi connectivity index (χ1) is 9.10. The maximum atomic E-state index is 12.1. The quantitative estimate of drug-likeness (QED) is 0.489. The van der Waals surface area contributed by atoms with E-state index in [1.165, 1.54) is 13.8 Å². The van der Waals surface area contributed by atoms with Gasteiger partial charge in [-0.1, -0.05) is 0 Å². The van der Waals surface area contributed by atoms with E-state index in [9.17, 15) is 23.3 Å². The van der Waals surface area contributed by atoms with Crippen LogP contribution in [0.3, 0.4) is 0 Å². The number of nitrogens with zero attached hydrogens (tertiary/aromatic N) is 1. The Bertz CT molecular complexity index is 621. The maximum absolute atomic E-state index is 12.1. The molecule has 0 heterocycles. The number of nitrogens with one attached hydrogen (secondary N) is 1. The molecule has 0 aromatic heterocycles. The Labute approximate surface area is 115 Å². The average Bonchev–Trinajstić information content (AvgIpc) is 2.36. The second-order valence-electron chi connectivity index (χ2n) is 4.47. The van der Waals surface area contributed by atoms with Gasteiger partial charge in [-0.05, 0) is 26.0 Å². The Balaban J connectivity index is 3.05. The van der Waals surface area contributed by atoms with Crippen LogP contribution in [-0.2, 0) is 19.6 Å². The molecule has 0 atom stereocenters. The zero-order valence-corrected chi connectivity index (χ0v) is 11.9. The van der Waals surface area contributed by atoms with Crippen LogP contribution in [0.4, 0.5) is 5.69 Å². The summed E-state index contributed by atoms with van der Waals surface area (Å²) >= 11 is 0. The fourth-order valence-corrected chi connectivity index (χ4v) is 2.81. The van der Waals surface area contributed by atoms with Crippen molar-refractivity contribution in [2.45, 2.75) is 24.3 Å². The molecule has 0 aliphatic rings. The largest absolute Gasteiger partial charge is 0.468 e. The Morgan fingerprint density at radius 2 is 1.80 bits per heavy atom. The fourth-order valence-electron chi connectivity index (χ4n) is 1.44. The van der Waals surface area contributed by atoms with Crippen molar-refractivity contribution < 1.29 is 22.9 Å². The minimum atomic E-state index is -3.99. The highest BCUT2D eigenvalue weighted by Crippen LogP contribution is 2.18. The van der Waals surface area contributed by atoms with Crippen LogP contribution in [0.2, 0.25) is 0 Å². The van der Waals surface area contributed by atoms with Crippen LogP contribution in [0.15, 0.2) is 29.2 Å². The van der Waals surface area contributed by atoms with E-state index in [0.29, 0.717) is 0 Å². The summed E-state index contributed by atoms with van der Waals surface area (Å²) in [5.74, 6) is -0.747. The van der Waals surface area contributed by atoms with Crippen molar-refractivity contribution >= 4 is 21.7 Å². The molecule has 8 nitrogen and oxygen atoms in total. The molecule has 9 heteroatoms. The highest BCUT2D eigenvalue weighted by atomic mass is 32.2. The number of non-ortho nitro benzene ring substituents is 1. The highest BCUT2D eigenvalue weighted by Gasteiger charge is 2.34. The molecule has 0 radical (unpaired) electrons. The normalized spacial score (nSPS) is 11.9. The molecule has 0 saturated carbocycles. The number of carbonyl (C=O) groups is 1. The van der Waals surface area contributed by atoms with E-state index >= 15 is 0 Å². The third-order valence-corrected chi connectivity index (χ3v) is 4.11. The second kappa shape index (κ2) is 5.55. The number of sulfonamides is 1. The summed E-state index contributed by atoms with van der Waals surface area (Å²) < 4.78 is 30.8. The van der Waals surface area contributed by atoms with Gasteiger partial charge in [-0.15, -0.1) is 0 Å². The molecule has 0 aliphatic heterocycles. The second-order valence-corrected chi connectivity index (χ2v) is 6.16. The molecule has 0 aliphatic carbocycles. The fraction of sp³-hybridized carbons (Fsp3) is 0.364. The van der Waals surface area contributed by atoms with Crippen molar-refractivity contribution in [2.24, 2.45) is 0 Å². The summed E-state index contributed by atoms with van der Waals surface area (Å²) in [6, 6.07) is 4.32. The monoisotopic (exact) mass is 302 g/mol. The summed E-state index contributed by atoms with van der Waals surface area (Å²) in [5, 5.41) is 10.5. The lowest BCUT2D eigenvalue weighted by Gasteiger charge is -2.22. The summed E-state index contributed by atoms with van der Waals surface area (Å²) in [6.45, 7) is 2.70. The van der Waals surface area contributed by atoms with Crippen molar-refractivity contribution in [2.75, 3.05) is 7.11 Å². The van der Waals surface area contributed by atoms with Gasteiger partial charge in [0.1, 0.15) is 5.54 Å². The molecular weight excluding hydrogens is 288 g/mol. The minimum absolute atomic E-state index is 0.180. The molecule has 1 N–H and O–H groups in total. The van der Waals surface area contributed by atoms with Crippen LogP contribution >= 0.6 is 0 Å². The van der Waals surface area contributed by atoms with E-state index in [0.717, 1.165) is 31.4 Å². The van der Waals surface area contributed by atoms with Crippen molar-refractivity contribution in [1.82, 2.24) is 4.72 Å². The van der Waals surface area contributed by atoms with Gasteiger partial charge >= 0.3 is 5.97 Å². The van der Waals surface area contributed by atoms with Crippen molar-refractivity contribution in [3.8, 4) is 0 Å². The lowest BCUT2D eigenvalue weighted by molar-refractivity contribution is -0.384. The molecule has 0 unspecified atom stereocenters. The van der Waals surface area contributed by atoms with Gasteiger partial charge in [0.25, 0.3) is 5.69 Å². The van der Waals surface area contributed by atoms with E-state index in [1.54, 1.807) is 0 Å². The number of ether oxygens (including phenoxy) is 1. The molecule has 1 aromatic rings. The molecule has 0 saturated heterocycles. The first-order valence-corrected chi connectivity index (χ1v) is 6.95. The first-order valence-electron chi connectivity index (χ1n) is 5.47. The van der Waals surface area contributed by atoms with E-state index in [1.807, 2.05) is 0 Å². The van der Waals surface area contributed by atoms with E-state index in [4.69, 9.17) is 0 Å². The van der Waals surface area contributed by atoms with Crippen molar-refractivity contribution in [1.29, 1.82) is 0 Å². The number of nitro benzene ring substituents is 1. The molecule has 0 amide bonds. The predicted octanol–water partition coefficient (Wildman–Crippen LogP) is 0.825. The van der Waals surface area contributed by atoms with Crippen LogP contribution in [0.25, 0.3) is 0 Å². The number of rotatable bonds is 5. The third-order valence-electron chi connectivity index (χ3n) is 2.44.